The van der Waals surface area contributed by atoms with Gasteiger partial charge in [-0.25, -0.2) is 0 Å². The number of carboxylic acid groups (broad SMARTS) is 1. The highest BCUT2D eigenvalue weighted by Gasteiger charge is 2.38. The Morgan fingerprint density at radius 1 is 1.62 bits per heavy atom. The normalized spacial score (nSPS) is 23.3. The Labute approximate surface area is 126 Å². The topological polar surface area (TPSA) is 79.5 Å². The zero-order valence-electron chi connectivity index (χ0n) is 11.8. The number of rotatable bonds is 4. The van der Waals surface area contributed by atoms with Crippen LogP contribution in [0.1, 0.15) is 25.6 Å². The summed E-state index contributed by atoms with van der Waals surface area (Å²) >= 11 is 1.58. The molecule has 21 heavy (non-hydrogen) atoms. The molecule has 1 atom stereocenters. The van der Waals surface area contributed by atoms with Crippen LogP contribution in [-0.2, 0) is 11.3 Å². The van der Waals surface area contributed by atoms with Gasteiger partial charge >= 0.3 is 5.97 Å². The SMILES string of the molecule is CC1(C(=O)O)CCCN(Cc2noc(-c3ccsc3)n2)C1. The number of piperidine rings is 1. The molecule has 6 nitrogen and oxygen atoms in total. The second-order valence-corrected chi connectivity index (χ2v) is 6.49. The zero-order valence-corrected chi connectivity index (χ0v) is 12.6. The molecule has 0 radical (unpaired) electrons. The fourth-order valence-electron chi connectivity index (χ4n) is 2.68. The molecule has 0 bridgehead atoms. The molecule has 7 heteroatoms. The summed E-state index contributed by atoms with van der Waals surface area (Å²) in [5, 5.41) is 17.2. The van der Waals surface area contributed by atoms with Crippen molar-refractivity contribution < 1.29 is 14.4 Å². The molecule has 0 saturated carbocycles. The Bertz CT molecular complexity index is 625. The summed E-state index contributed by atoms with van der Waals surface area (Å²) in [6.07, 6.45) is 1.59. The van der Waals surface area contributed by atoms with Crippen molar-refractivity contribution in [3.8, 4) is 11.5 Å². The van der Waals surface area contributed by atoms with Gasteiger partial charge in [0.15, 0.2) is 5.82 Å². The summed E-state index contributed by atoms with van der Waals surface area (Å²) in [6, 6.07) is 1.93. The Kier molecular flexibility index (Phi) is 3.77. The molecular weight excluding hydrogens is 290 g/mol. The van der Waals surface area contributed by atoms with E-state index >= 15 is 0 Å². The lowest BCUT2D eigenvalue weighted by Gasteiger charge is -2.36. The maximum atomic E-state index is 11.4. The van der Waals surface area contributed by atoms with Crippen LogP contribution in [-0.4, -0.2) is 39.2 Å². The smallest absolute Gasteiger partial charge is 0.310 e. The van der Waals surface area contributed by atoms with Crippen LogP contribution in [0.25, 0.3) is 11.5 Å². The molecule has 1 unspecified atom stereocenters. The number of thiophene rings is 1. The average molecular weight is 307 g/mol. The second kappa shape index (κ2) is 5.57. The van der Waals surface area contributed by atoms with Gasteiger partial charge in [0.05, 0.1) is 17.5 Å². The van der Waals surface area contributed by atoms with E-state index in [0.29, 0.717) is 31.2 Å². The molecule has 3 rings (SSSR count). The van der Waals surface area contributed by atoms with Crippen molar-refractivity contribution in [1.29, 1.82) is 0 Å². The minimum absolute atomic E-state index is 0.518. The van der Waals surface area contributed by atoms with Crippen molar-refractivity contribution in [2.24, 2.45) is 5.41 Å². The van der Waals surface area contributed by atoms with Gasteiger partial charge in [-0.15, -0.1) is 0 Å². The van der Waals surface area contributed by atoms with E-state index in [9.17, 15) is 9.90 Å². The molecule has 0 amide bonds. The van der Waals surface area contributed by atoms with Gasteiger partial charge in [-0.2, -0.15) is 16.3 Å². The first-order valence-electron chi connectivity index (χ1n) is 6.88. The van der Waals surface area contributed by atoms with E-state index in [2.05, 4.69) is 15.0 Å². The minimum atomic E-state index is -0.737. The molecule has 1 aliphatic heterocycles. The molecule has 1 N–H and O–H groups in total. The first-order chi connectivity index (χ1) is 10.1. The highest BCUT2D eigenvalue weighted by molar-refractivity contribution is 7.08. The van der Waals surface area contributed by atoms with Crippen LogP contribution in [0.3, 0.4) is 0 Å². The Morgan fingerprint density at radius 2 is 2.48 bits per heavy atom. The van der Waals surface area contributed by atoms with E-state index in [1.807, 2.05) is 16.8 Å². The minimum Gasteiger partial charge on any atom is -0.481 e. The van der Waals surface area contributed by atoms with Crippen molar-refractivity contribution in [3.63, 3.8) is 0 Å². The molecule has 0 spiro atoms. The molecule has 0 aliphatic carbocycles. The van der Waals surface area contributed by atoms with Gasteiger partial charge < -0.3 is 9.63 Å². The highest BCUT2D eigenvalue weighted by Crippen LogP contribution is 2.30. The van der Waals surface area contributed by atoms with Crippen molar-refractivity contribution in [1.82, 2.24) is 15.0 Å². The van der Waals surface area contributed by atoms with E-state index in [1.54, 1.807) is 18.3 Å². The van der Waals surface area contributed by atoms with Gasteiger partial charge in [-0.1, -0.05) is 5.16 Å². The number of carbonyl (C=O) groups is 1. The third-order valence-electron chi connectivity index (χ3n) is 3.89. The summed E-state index contributed by atoms with van der Waals surface area (Å²) < 4.78 is 5.25. The Hall–Kier alpha value is -1.73. The van der Waals surface area contributed by atoms with E-state index in [-0.39, 0.29) is 0 Å². The quantitative estimate of drug-likeness (QED) is 0.935. The molecule has 2 aromatic rings. The standard InChI is InChI=1S/C14H17N3O3S/c1-14(13(18)19)4-2-5-17(9-14)7-11-15-12(20-16-11)10-3-6-21-8-10/h3,6,8H,2,4-5,7,9H2,1H3,(H,18,19). The summed E-state index contributed by atoms with van der Waals surface area (Å²) in [6.45, 7) is 3.71. The third kappa shape index (κ3) is 2.98. The number of likely N-dealkylation sites (tertiary alicyclic amines) is 1. The average Bonchev–Trinajstić information content (AvgIpc) is 3.08. The Balaban J connectivity index is 1.68. The van der Waals surface area contributed by atoms with Gasteiger partial charge in [0.2, 0.25) is 0 Å². The fraction of sp³-hybridized carbons (Fsp3) is 0.500. The third-order valence-corrected chi connectivity index (χ3v) is 4.58. The number of aromatic nitrogens is 2. The van der Waals surface area contributed by atoms with Gasteiger partial charge in [-0.3, -0.25) is 9.69 Å². The largest absolute Gasteiger partial charge is 0.481 e. The van der Waals surface area contributed by atoms with Crippen molar-refractivity contribution >= 4 is 17.3 Å². The molecular formula is C14H17N3O3S. The summed E-state index contributed by atoms with van der Waals surface area (Å²) in [5.74, 6) is 0.384. The van der Waals surface area contributed by atoms with Gasteiger partial charge in [0.25, 0.3) is 5.89 Å². The van der Waals surface area contributed by atoms with Crippen LogP contribution in [0.4, 0.5) is 0 Å². The number of carboxylic acids is 1. The molecule has 112 valence electrons. The fourth-order valence-corrected chi connectivity index (χ4v) is 3.31. The maximum Gasteiger partial charge on any atom is 0.310 e. The monoisotopic (exact) mass is 307 g/mol. The first kappa shape index (κ1) is 14.2. The predicted molar refractivity (Wildman–Crippen MR) is 77.9 cm³/mol. The lowest BCUT2D eigenvalue weighted by Crippen LogP contribution is -2.45. The van der Waals surface area contributed by atoms with Crippen molar-refractivity contribution in [2.75, 3.05) is 13.1 Å². The van der Waals surface area contributed by atoms with E-state index in [4.69, 9.17) is 4.52 Å². The summed E-state index contributed by atoms with van der Waals surface area (Å²) in [4.78, 5) is 17.8. The van der Waals surface area contributed by atoms with Crippen LogP contribution in [0.5, 0.6) is 0 Å². The molecule has 1 saturated heterocycles. The highest BCUT2D eigenvalue weighted by atomic mass is 32.1. The molecule has 1 aliphatic rings. The van der Waals surface area contributed by atoms with Crippen LogP contribution < -0.4 is 0 Å². The number of hydrogen-bond donors (Lipinski definition) is 1. The lowest BCUT2D eigenvalue weighted by atomic mass is 9.82. The van der Waals surface area contributed by atoms with E-state index in [0.717, 1.165) is 18.5 Å². The van der Waals surface area contributed by atoms with Gasteiger partial charge in [0, 0.05) is 11.9 Å². The number of hydrogen-bond acceptors (Lipinski definition) is 6. The lowest BCUT2D eigenvalue weighted by molar-refractivity contribution is -0.151. The molecule has 0 aromatic carbocycles. The van der Waals surface area contributed by atoms with E-state index in [1.165, 1.54) is 0 Å². The molecule has 2 aromatic heterocycles. The van der Waals surface area contributed by atoms with Gasteiger partial charge in [-0.05, 0) is 37.8 Å². The van der Waals surface area contributed by atoms with Crippen LogP contribution in [0, 0.1) is 5.41 Å². The number of aliphatic carboxylic acids is 1. The first-order valence-corrected chi connectivity index (χ1v) is 7.82. The second-order valence-electron chi connectivity index (χ2n) is 5.71. The van der Waals surface area contributed by atoms with Crippen molar-refractivity contribution in [3.05, 3.63) is 22.7 Å². The van der Waals surface area contributed by atoms with Crippen LogP contribution in [0.2, 0.25) is 0 Å². The predicted octanol–water partition coefficient (Wildman–Crippen LogP) is 2.48. The zero-order chi connectivity index (χ0) is 14.9. The molecule has 1 fully saturated rings. The van der Waals surface area contributed by atoms with Crippen LogP contribution >= 0.6 is 11.3 Å². The van der Waals surface area contributed by atoms with Crippen molar-refractivity contribution in [2.45, 2.75) is 26.3 Å². The maximum absolute atomic E-state index is 11.4. The Morgan fingerprint density at radius 3 is 3.19 bits per heavy atom. The van der Waals surface area contributed by atoms with Gasteiger partial charge in [0.1, 0.15) is 0 Å². The van der Waals surface area contributed by atoms with Crippen LogP contribution in [0.15, 0.2) is 21.3 Å². The number of nitrogens with zero attached hydrogens (tertiary/aromatic N) is 3. The summed E-state index contributed by atoms with van der Waals surface area (Å²) in [7, 11) is 0. The molecule has 3 heterocycles. The summed E-state index contributed by atoms with van der Waals surface area (Å²) in [5.41, 5.74) is 0.241. The van der Waals surface area contributed by atoms with E-state index < -0.39 is 11.4 Å².